The zero-order valence-electron chi connectivity index (χ0n) is 37.1. The molecule has 7 rings (SSSR count). The fourth-order valence-electron chi connectivity index (χ4n) is 7.90. The van der Waals surface area contributed by atoms with Crippen LogP contribution in [0.1, 0.15) is 84.5 Å². The number of hydrogen-bond donors (Lipinski definition) is 4. The van der Waals surface area contributed by atoms with Crippen molar-refractivity contribution in [2.24, 2.45) is 11.5 Å². The molecule has 2 aromatic carbocycles. The maximum atomic E-state index is 13.9. The number of nitrogens with two attached hydrogens (primary N) is 2. The lowest BCUT2D eigenvalue weighted by Crippen LogP contribution is -2.46. The molecule has 0 saturated carbocycles. The molecule has 1 aliphatic heterocycles. The molecule has 338 valence electrons. The van der Waals surface area contributed by atoms with Gasteiger partial charge in [-0.15, -0.1) is 11.3 Å². The van der Waals surface area contributed by atoms with Crippen molar-refractivity contribution in [3.05, 3.63) is 80.6 Å². The van der Waals surface area contributed by atoms with Gasteiger partial charge in [-0.1, -0.05) is 26.0 Å². The minimum atomic E-state index is -0.658. The standard InChI is InChI=1S/C44H55N13O6S/c1-7-30-38(64-27(5)47-30)42(61)51-44-48-31-22-28(39(45)58)24-34(62-6)36(31)55(44)14-10-11-15-56-37-32(49-43(56)50-41(60)33-21-26(4)52-57(33)9-3)23-29(40(46)59)25-35(37)63-20-12-13-54-18-16-53(8-2)17-19-54/h10-11,21-25H,7-9,12-20H2,1-6H3,(H2,45,58)(H2,46,59)(H,48,51,61)(H,49,50,60)/b11-10+. The van der Waals surface area contributed by atoms with E-state index in [0.717, 1.165) is 50.7 Å². The van der Waals surface area contributed by atoms with Gasteiger partial charge in [-0.25, -0.2) is 15.0 Å². The molecule has 20 heteroatoms. The van der Waals surface area contributed by atoms with Crippen LogP contribution in [0.4, 0.5) is 11.9 Å². The second-order valence-electron chi connectivity index (χ2n) is 15.4. The van der Waals surface area contributed by atoms with E-state index in [1.54, 1.807) is 38.1 Å². The van der Waals surface area contributed by atoms with E-state index in [1.165, 1.54) is 24.5 Å². The number of allylic oxidation sites excluding steroid dienone is 2. The molecule has 4 amide bonds. The summed E-state index contributed by atoms with van der Waals surface area (Å²) in [5.41, 5.74) is 15.5. The molecule has 0 spiro atoms. The highest BCUT2D eigenvalue weighted by Crippen LogP contribution is 2.33. The minimum Gasteiger partial charge on any atom is -0.494 e. The van der Waals surface area contributed by atoms with Gasteiger partial charge in [-0.2, -0.15) is 5.10 Å². The lowest BCUT2D eigenvalue weighted by molar-refractivity contribution is 0.0991. The molecule has 1 saturated heterocycles. The number of piperazine rings is 1. The van der Waals surface area contributed by atoms with Crippen LogP contribution in [-0.4, -0.2) is 120 Å². The highest BCUT2D eigenvalue weighted by Gasteiger charge is 2.24. The lowest BCUT2D eigenvalue weighted by Gasteiger charge is -2.33. The number of methoxy groups -OCH3 is 1. The number of ether oxygens (including phenoxy) is 2. The molecule has 19 nitrogen and oxygen atoms in total. The molecule has 0 bridgehead atoms. The van der Waals surface area contributed by atoms with Crippen molar-refractivity contribution in [2.75, 3.05) is 63.6 Å². The molecule has 0 radical (unpaired) electrons. The van der Waals surface area contributed by atoms with E-state index in [1.807, 2.05) is 39.8 Å². The molecule has 0 atom stereocenters. The Hall–Kier alpha value is -6.64. The number of nitrogens with one attached hydrogen (secondary N) is 2. The molecular formula is C44H55N13O6S. The van der Waals surface area contributed by atoms with Crippen molar-refractivity contribution < 1.29 is 28.7 Å². The SMILES string of the molecule is CCc1nc(C)sc1C(=O)Nc1nc2cc(C(N)=O)cc(OC)c2n1C/C=C/Cn1c(NC(=O)c2cc(C)nn2CC)nc2cc(C(N)=O)cc(OCCCN3CCN(CC)CC3)c21. The Bertz CT molecular complexity index is 2740. The molecular weight excluding hydrogens is 839 g/mol. The lowest BCUT2D eigenvalue weighted by atomic mass is 10.1. The zero-order chi connectivity index (χ0) is 45.7. The van der Waals surface area contributed by atoms with E-state index >= 15 is 0 Å². The molecule has 1 aliphatic rings. The molecule has 4 aromatic heterocycles. The van der Waals surface area contributed by atoms with Crippen molar-refractivity contribution in [3.8, 4) is 11.5 Å². The molecule has 1 fully saturated rings. The number of nitrogens with zero attached hydrogens (tertiary/aromatic N) is 9. The van der Waals surface area contributed by atoms with E-state index in [4.69, 9.17) is 30.9 Å². The van der Waals surface area contributed by atoms with Crippen LogP contribution >= 0.6 is 11.3 Å². The summed E-state index contributed by atoms with van der Waals surface area (Å²) in [5.74, 6) is -0.949. The predicted molar refractivity (Wildman–Crippen MR) is 246 cm³/mol. The summed E-state index contributed by atoms with van der Waals surface area (Å²) in [6.45, 7) is 16.8. The van der Waals surface area contributed by atoms with Crippen molar-refractivity contribution in [1.29, 1.82) is 0 Å². The number of aromatic nitrogens is 7. The number of aryl methyl sites for hydroxylation is 4. The Labute approximate surface area is 374 Å². The van der Waals surface area contributed by atoms with Crippen LogP contribution in [0, 0.1) is 13.8 Å². The Morgan fingerprint density at radius 3 is 1.91 bits per heavy atom. The first-order valence-electron chi connectivity index (χ1n) is 21.4. The predicted octanol–water partition coefficient (Wildman–Crippen LogP) is 4.61. The summed E-state index contributed by atoms with van der Waals surface area (Å²) in [6.07, 6.45) is 5.07. The molecule has 0 aliphatic carbocycles. The first-order valence-corrected chi connectivity index (χ1v) is 22.2. The third-order valence-corrected chi connectivity index (χ3v) is 12.2. The number of thiazole rings is 1. The van der Waals surface area contributed by atoms with Gasteiger partial charge in [0.15, 0.2) is 0 Å². The summed E-state index contributed by atoms with van der Waals surface area (Å²) < 4.78 is 17.4. The molecule has 6 N–H and O–H groups in total. The minimum absolute atomic E-state index is 0.184. The quantitative estimate of drug-likeness (QED) is 0.0645. The number of rotatable bonds is 19. The third kappa shape index (κ3) is 9.78. The second-order valence-corrected chi connectivity index (χ2v) is 16.6. The Balaban J connectivity index is 1.24. The van der Waals surface area contributed by atoms with Gasteiger partial charge >= 0.3 is 0 Å². The third-order valence-electron chi connectivity index (χ3n) is 11.2. The number of hydrogen-bond acceptors (Lipinski definition) is 13. The molecule has 5 heterocycles. The van der Waals surface area contributed by atoms with Crippen LogP contribution in [-0.2, 0) is 26.1 Å². The van der Waals surface area contributed by atoms with Crippen molar-refractivity contribution in [3.63, 3.8) is 0 Å². The highest BCUT2D eigenvalue weighted by molar-refractivity contribution is 7.13. The summed E-state index contributed by atoms with van der Waals surface area (Å²) in [4.78, 5) is 71.8. The number of amides is 4. The van der Waals surface area contributed by atoms with E-state index in [2.05, 4.69) is 37.4 Å². The number of primary amides is 2. The largest absolute Gasteiger partial charge is 0.494 e. The topological polar surface area (TPSA) is 236 Å². The van der Waals surface area contributed by atoms with Gasteiger partial charge in [0.25, 0.3) is 11.8 Å². The Morgan fingerprint density at radius 1 is 0.766 bits per heavy atom. The number of anilines is 2. The van der Waals surface area contributed by atoms with Crippen molar-refractivity contribution >= 4 is 68.9 Å². The summed E-state index contributed by atoms with van der Waals surface area (Å²) in [5, 5.41) is 11.1. The van der Waals surface area contributed by atoms with Gasteiger partial charge < -0.3 is 39.9 Å². The summed E-state index contributed by atoms with van der Waals surface area (Å²) in [6, 6.07) is 7.99. The van der Waals surface area contributed by atoms with Crippen LogP contribution < -0.4 is 31.6 Å². The van der Waals surface area contributed by atoms with Gasteiger partial charge in [0.1, 0.15) is 33.1 Å². The van der Waals surface area contributed by atoms with Crippen molar-refractivity contribution in [1.82, 2.24) is 43.7 Å². The summed E-state index contributed by atoms with van der Waals surface area (Å²) in [7, 11) is 1.48. The zero-order valence-corrected chi connectivity index (χ0v) is 37.9. The van der Waals surface area contributed by atoms with Gasteiger partial charge in [0, 0.05) is 63.5 Å². The monoisotopic (exact) mass is 893 g/mol. The van der Waals surface area contributed by atoms with Crippen molar-refractivity contribution in [2.45, 2.75) is 67.1 Å². The Kier molecular flexibility index (Phi) is 14.1. The first-order chi connectivity index (χ1) is 30.8. The summed E-state index contributed by atoms with van der Waals surface area (Å²) >= 11 is 1.29. The fourth-order valence-corrected chi connectivity index (χ4v) is 8.80. The number of carbonyl (C=O) groups is 4. The van der Waals surface area contributed by atoms with Gasteiger partial charge in [0.2, 0.25) is 23.7 Å². The van der Waals surface area contributed by atoms with Crippen LogP contribution in [0.25, 0.3) is 22.1 Å². The van der Waals surface area contributed by atoms with Gasteiger partial charge in [-0.3, -0.25) is 34.5 Å². The number of imidazole rings is 2. The van der Waals surface area contributed by atoms with E-state index in [-0.39, 0.29) is 42.0 Å². The smallest absolute Gasteiger partial charge is 0.276 e. The maximum absolute atomic E-state index is 13.9. The Morgan fingerprint density at radius 2 is 1.34 bits per heavy atom. The fraction of sp³-hybridized carbons (Fsp3) is 0.409. The number of carbonyl (C=O) groups excluding carboxylic acids is 4. The number of fused-ring (bicyclic) bond motifs is 2. The van der Waals surface area contributed by atoms with Crippen LogP contribution in [0.15, 0.2) is 42.5 Å². The maximum Gasteiger partial charge on any atom is 0.276 e. The average molecular weight is 894 g/mol. The van der Waals surface area contributed by atoms with E-state index < -0.39 is 17.7 Å². The average Bonchev–Trinajstić information content (AvgIpc) is 4.05. The van der Waals surface area contributed by atoms with Gasteiger partial charge in [-0.05, 0) is 70.5 Å². The van der Waals surface area contributed by atoms with Crippen LogP contribution in [0.5, 0.6) is 11.5 Å². The van der Waals surface area contributed by atoms with Gasteiger partial charge in [0.05, 0.1) is 41.1 Å². The van der Waals surface area contributed by atoms with Crippen LogP contribution in [0.2, 0.25) is 0 Å². The second kappa shape index (κ2) is 19.8. The molecule has 6 aromatic rings. The van der Waals surface area contributed by atoms with Crippen LogP contribution in [0.3, 0.4) is 0 Å². The number of likely N-dealkylation sites (N-methyl/N-ethyl adjacent to an activating group) is 1. The van der Waals surface area contributed by atoms with E-state index in [0.29, 0.717) is 75.1 Å². The normalized spacial score (nSPS) is 13.6. The van der Waals surface area contributed by atoms with E-state index in [9.17, 15) is 19.2 Å². The molecule has 64 heavy (non-hydrogen) atoms. The molecule has 0 unspecified atom stereocenters. The first kappa shape index (κ1) is 45.4. The number of benzene rings is 2. The highest BCUT2D eigenvalue weighted by atomic mass is 32.1.